The molecule has 0 saturated heterocycles. The number of aromatic nitrogens is 1. The van der Waals surface area contributed by atoms with Crippen molar-refractivity contribution in [1.82, 2.24) is 4.98 Å². The third kappa shape index (κ3) is 3.46. The van der Waals surface area contributed by atoms with Crippen LogP contribution in [0.1, 0.15) is 5.69 Å². The minimum Gasteiger partial charge on any atom is -0.493 e. The van der Waals surface area contributed by atoms with Gasteiger partial charge in [0.15, 0.2) is 11.5 Å². The first-order valence-corrected chi connectivity index (χ1v) is 7.36. The number of hydrogen-bond donors (Lipinski definition) is 1. The van der Waals surface area contributed by atoms with Crippen LogP contribution in [0.3, 0.4) is 0 Å². The lowest BCUT2D eigenvalue weighted by Crippen LogP contribution is -2.06. The van der Waals surface area contributed by atoms with Gasteiger partial charge in [0.05, 0.1) is 20.8 Å². The summed E-state index contributed by atoms with van der Waals surface area (Å²) in [6, 6.07) is 7.47. The zero-order valence-corrected chi connectivity index (χ0v) is 14.0. The van der Waals surface area contributed by atoms with E-state index in [1.807, 2.05) is 18.2 Å². The molecular weight excluding hydrogens is 391 g/mol. The highest BCUT2D eigenvalue weighted by atomic mass is 127. The highest BCUT2D eigenvalue weighted by Crippen LogP contribution is 2.30. The Bertz CT molecular complexity index is 608. The van der Waals surface area contributed by atoms with Crippen LogP contribution in [0.25, 0.3) is 0 Å². The summed E-state index contributed by atoms with van der Waals surface area (Å²) < 4.78 is 11.7. The summed E-state index contributed by atoms with van der Waals surface area (Å²) in [5.41, 5.74) is 1.79. The van der Waals surface area contributed by atoms with Crippen molar-refractivity contribution in [3.8, 4) is 11.5 Å². The molecule has 0 fully saturated rings. The minimum absolute atomic E-state index is 0.540. The van der Waals surface area contributed by atoms with Crippen molar-refractivity contribution < 1.29 is 9.47 Å². The number of hydrogen-bond acceptors (Lipinski definition) is 4. The van der Waals surface area contributed by atoms with E-state index in [2.05, 4.69) is 32.9 Å². The van der Waals surface area contributed by atoms with Gasteiger partial charge in [0.25, 0.3) is 0 Å². The number of methoxy groups -OCH3 is 2. The summed E-state index contributed by atoms with van der Waals surface area (Å²) in [6.07, 6.45) is 1.70. The maximum Gasteiger partial charge on any atom is 0.184 e. The molecular formula is C14H14ClIN2O2. The van der Waals surface area contributed by atoms with Gasteiger partial charge >= 0.3 is 0 Å². The summed E-state index contributed by atoms with van der Waals surface area (Å²) in [5, 5.41) is 4.04. The molecule has 106 valence electrons. The van der Waals surface area contributed by atoms with Crippen molar-refractivity contribution in [2.75, 3.05) is 19.5 Å². The maximum atomic E-state index is 5.94. The number of pyridine rings is 1. The first-order chi connectivity index (χ1) is 9.65. The van der Waals surface area contributed by atoms with Gasteiger partial charge in [-0.25, -0.2) is 0 Å². The van der Waals surface area contributed by atoms with Crippen molar-refractivity contribution in [1.29, 1.82) is 0 Å². The normalized spacial score (nSPS) is 10.2. The van der Waals surface area contributed by atoms with E-state index in [1.54, 1.807) is 26.5 Å². The molecule has 0 radical (unpaired) electrons. The molecule has 1 N–H and O–H groups in total. The first-order valence-electron chi connectivity index (χ1n) is 5.90. The fourth-order valence-corrected chi connectivity index (χ4v) is 2.85. The fourth-order valence-electron chi connectivity index (χ4n) is 1.79. The first kappa shape index (κ1) is 15.2. The number of nitrogens with zero attached hydrogens (tertiary/aromatic N) is 1. The molecule has 1 heterocycles. The van der Waals surface area contributed by atoms with Gasteiger partial charge in [-0.3, -0.25) is 4.98 Å². The molecule has 0 aliphatic heterocycles. The highest BCUT2D eigenvalue weighted by molar-refractivity contribution is 14.1. The number of ether oxygens (including phenoxy) is 2. The second kappa shape index (κ2) is 6.99. The fraction of sp³-hybridized carbons (Fsp3) is 0.214. The molecule has 0 saturated carbocycles. The predicted octanol–water partition coefficient (Wildman–Crippen LogP) is 3.97. The van der Waals surface area contributed by atoms with Crippen molar-refractivity contribution in [3.05, 3.63) is 44.7 Å². The Balaban J connectivity index is 2.18. The summed E-state index contributed by atoms with van der Waals surface area (Å²) >= 11 is 8.18. The van der Waals surface area contributed by atoms with Crippen molar-refractivity contribution in [2.45, 2.75) is 6.54 Å². The lowest BCUT2D eigenvalue weighted by molar-refractivity contribution is 0.350. The Morgan fingerprint density at radius 1 is 1.25 bits per heavy atom. The number of nitrogens with one attached hydrogen (secondary N) is 1. The van der Waals surface area contributed by atoms with Gasteiger partial charge < -0.3 is 14.8 Å². The van der Waals surface area contributed by atoms with Crippen LogP contribution < -0.4 is 14.8 Å². The molecule has 1 aromatic heterocycles. The standard InChI is InChI=1S/C14H14ClIN2O2/c1-19-13-5-6-17-12(14(13)20-2)8-18-11-4-3-9(15)7-10(11)16/h3-7,18H,8H2,1-2H3. The van der Waals surface area contributed by atoms with E-state index in [0.29, 0.717) is 18.0 Å². The van der Waals surface area contributed by atoms with E-state index in [-0.39, 0.29) is 0 Å². The van der Waals surface area contributed by atoms with E-state index in [4.69, 9.17) is 21.1 Å². The number of benzene rings is 1. The van der Waals surface area contributed by atoms with E-state index < -0.39 is 0 Å². The van der Waals surface area contributed by atoms with Gasteiger partial charge in [0.1, 0.15) is 5.69 Å². The van der Waals surface area contributed by atoms with E-state index in [1.165, 1.54) is 0 Å². The second-order valence-electron chi connectivity index (χ2n) is 3.97. The van der Waals surface area contributed by atoms with Crippen LogP contribution in [0.15, 0.2) is 30.5 Å². The molecule has 0 atom stereocenters. The molecule has 0 amide bonds. The second-order valence-corrected chi connectivity index (χ2v) is 5.57. The zero-order valence-electron chi connectivity index (χ0n) is 11.1. The number of anilines is 1. The Labute approximate surface area is 136 Å². The van der Waals surface area contributed by atoms with Crippen LogP contribution >= 0.6 is 34.2 Å². The zero-order chi connectivity index (χ0) is 14.5. The minimum atomic E-state index is 0.540. The monoisotopic (exact) mass is 404 g/mol. The smallest absolute Gasteiger partial charge is 0.184 e. The molecule has 0 aliphatic rings. The predicted molar refractivity (Wildman–Crippen MR) is 88.8 cm³/mol. The van der Waals surface area contributed by atoms with Gasteiger partial charge in [-0.05, 0) is 40.8 Å². The van der Waals surface area contributed by atoms with E-state index >= 15 is 0 Å². The van der Waals surface area contributed by atoms with Crippen molar-refractivity contribution >= 4 is 39.9 Å². The third-order valence-electron chi connectivity index (χ3n) is 2.74. The van der Waals surface area contributed by atoms with Crippen LogP contribution in [0.4, 0.5) is 5.69 Å². The molecule has 6 heteroatoms. The molecule has 20 heavy (non-hydrogen) atoms. The third-order valence-corrected chi connectivity index (χ3v) is 3.87. The maximum absolute atomic E-state index is 5.94. The summed E-state index contributed by atoms with van der Waals surface area (Å²) in [5.74, 6) is 1.32. The number of rotatable bonds is 5. The van der Waals surface area contributed by atoms with Crippen LogP contribution in [0, 0.1) is 3.57 Å². The van der Waals surface area contributed by atoms with Gasteiger partial charge in [0.2, 0.25) is 0 Å². The molecule has 2 aromatic rings. The molecule has 0 aliphatic carbocycles. The van der Waals surface area contributed by atoms with Gasteiger partial charge in [0, 0.05) is 26.5 Å². The van der Waals surface area contributed by atoms with Gasteiger partial charge in [-0.2, -0.15) is 0 Å². The van der Waals surface area contributed by atoms with Crippen LogP contribution in [-0.2, 0) is 6.54 Å². The molecule has 2 rings (SSSR count). The Hall–Kier alpha value is -1.21. The Kier molecular flexibility index (Phi) is 5.31. The van der Waals surface area contributed by atoms with Crippen molar-refractivity contribution in [2.24, 2.45) is 0 Å². The average Bonchev–Trinajstić information content (AvgIpc) is 2.45. The van der Waals surface area contributed by atoms with Crippen LogP contribution in [0.5, 0.6) is 11.5 Å². The highest BCUT2D eigenvalue weighted by Gasteiger charge is 2.11. The van der Waals surface area contributed by atoms with E-state index in [9.17, 15) is 0 Å². The van der Waals surface area contributed by atoms with Gasteiger partial charge in [-0.15, -0.1) is 0 Å². The summed E-state index contributed by atoms with van der Waals surface area (Å²) in [4.78, 5) is 4.32. The quantitative estimate of drug-likeness (QED) is 0.766. The molecule has 0 unspecified atom stereocenters. The topological polar surface area (TPSA) is 43.4 Å². The van der Waals surface area contributed by atoms with E-state index in [0.717, 1.165) is 20.0 Å². The Morgan fingerprint density at radius 3 is 2.70 bits per heavy atom. The lowest BCUT2D eigenvalue weighted by Gasteiger charge is -2.13. The molecule has 0 spiro atoms. The summed E-state index contributed by atoms with van der Waals surface area (Å²) in [6.45, 7) is 0.540. The Morgan fingerprint density at radius 2 is 2.05 bits per heavy atom. The molecule has 0 bridgehead atoms. The van der Waals surface area contributed by atoms with Crippen LogP contribution in [0.2, 0.25) is 5.02 Å². The largest absolute Gasteiger partial charge is 0.493 e. The summed E-state index contributed by atoms with van der Waals surface area (Å²) in [7, 11) is 3.21. The average molecular weight is 405 g/mol. The molecule has 4 nitrogen and oxygen atoms in total. The lowest BCUT2D eigenvalue weighted by atomic mass is 10.2. The number of halogens is 2. The van der Waals surface area contributed by atoms with Crippen molar-refractivity contribution in [3.63, 3.8) is 0 Å². The van der Waals surface area contributed by atoms with Gasteiger partial charge in [-0.1, -0.05) is 11.6 Å². The molecule has 1 aromatic carbocycles. The SMILES string of the molecule is COc1ccnc(CNc2ccc(Cl)cc2I)c1OC. The van der Waals surface area contributed by atoms with Crippen LogP contribution in [-0.4, -0.2) is 19.2 Å².